The number of hydrogen-bond acceptors (Lipinski definition) is 4. The molecular formula is C12H14N4O2. The van der Waals surface area contributed by atoms with Gasteiger partial charge in [-0.2, -0.15) is 15.4 Å². The molecule has 2 rings (SSSR count). The van der Waals surface area contributed by atoms with Crippen molar-refractivity contribution in [2.24, 2.45) is 0 Å². The van der Waals surface area contributed by atoms with Gasteiger partial charge < -0.3 is 10.1 Å². The summed E-state index contributed by atoms with van der Waals surface area (Å²) >= 11 is 0. The SMILES string of the molecule is COc1cccc(CCNC(=O)c2cn[nH]n2)c1. The Morgan fingerprint density at radius 1 is 1.50 bits per heavy atom. The highest BCUT2D eigenvalue weighted by Crippen LogP contribution is 2.12. The van der Waals surface area contributed by atoms with Crippen LogP contribution >= 0.6 is 0 Å². The molecule has 0 saturated heterocycles. The van der Waals surface area contributed by atoms with Crippen molar-refractivity contribution in [1.29, 1.82) is 0 Å². The Morgan fingerprint density at radius 3 is 3.11 bits per heavy atom. The minimum atomic E-state index is -0.230. The fourth-order valence-corrected chi connectivity index (χ4v) is 1.55. The zero-order valence-corrected chi connectivity index (χ0v) is 10.0. The number of nitrogens with one attached hydrogen (secondary N) is 2. The monoisotopic (exact) mass is 246 g/mol. The molecule has 0 saturated carbocycles. The molecule has 1 heterocycles. The number of methoxy groups -OCH3 is 1. The third-order valence-electron chi connectivity index (χ3n) is 2.48. The first-order chi connectivity index (χ1) is 8.79. The molecule has 0 aliphatic rings. The van der Waals surface area contributed by atoms with Gasteiger partial charge in [-0.15, -0.1) is 0 Å². The van der Waals surface area contributed by atoms with E-state index in [-0.39, 0.29) is 5.91 Å². The lowest BCUT2D eigenvalue weighted by atomic mass is 10.1. The van der Waals surface area contributed by atoms with Crippen LogP contribution in [0.4, 0.5) is 0 Å². The summed E-state index contributed by atoms with van der Waals surface area (Å²) in [6.07, 6.45) is 2.13. The Morgan fingerprint density at radius 2 is 2.39 bits per heavy atom. The van der Waals surface area contributed by atoms with Crippen molar-refractivity contribution in [3.8, 4) is 5.75 Å². The maximum absolute atomic E-state index is 11.6. The smallest absolute Gasteiger partial charge is 0.273 e. The zero-order chi connectivity index (χ0) is 12.8. The molecule has 0 spiro atoms. The van der Waals surface area contributed by atoms with Crippen LogP contribution in [0.3, 0.4) is 0 Å². The summed E-state index contributed by atoms with van der Waals surface area (Å²) in [6.45, 7) is 0.541. The largest absolute Gasteiger partial charge is 0.497 e. The lowest BCUT2D eigenvalue weighted by Gasteiger charge is -2.05. The molecular weight excluding hydrogens is 232 g/mol. The van der Waals surface area contributed by atoms with E-state index >= 15 is 0 Å². The van der Waals surface area contributed by atoms with Crippen LogP contribution in [0.1, 0.15) is 16.1 Å². The number of nitrogens with zero attached hydrogens (tertiary/aromatic N) is 2. The average molecular weight is 246 g/mol. The van der Waals surface area contributed by atoms with Crippen molar-refractivity contribution in [3.63, 3.8) is 0 Å². The van der Waals surface area contributed by atoms with E-state index in [2.05, 4.69) is 20.7 Å². The Balaban J connectivity index is 1.83. The van der Waals surface area contributed by atoms with Crippen molar-refractivity contribution in [1.82, 2.24) is 20.7 Å². The van der Waals surface area contributed by atoms with Crippen LogP contribution < -0.4 is 10.1 Å². The van der Waals surface area contributed by atoms with E-state index < -0.39 is 0 Å². The van der Waals surface area contributed by atoms with Crippen molar-refractivity contribution >= 4 is 5.91 Å². The molecule has 6 heteroatoms. The van der Waals surface area contributed by atoms with Crippen molar-refractivity contribution in [2.75, 3.05) is 13.7 Å². The number of amides is 1. The van der Waals surface area contributed by atoms with Gasteiger partial charge in [0.1, 0.15) is 5.75 Å². The Bertz CT molecular complexity index is 511. The van der Waals surface area contributed by atoms with Crippen LogP contribution in [0.15, 0.2) is 30.5 Å². The number of ether oxygens (including phenoxy) is 1. The molecule has 1 aromatic heterocycles. The van der Waals surface area contributed by atoms with E-state index in [1.807, 2.05) is 24.3 Å². The molecule has 0 unspecified atom stereocenters. The zero-order valence-electron chi connectivity index (χ0n) is 10.0. The second kappa shape index (κ2) is 5.81. The number of rotatable bonds is 5. The van der Waals surface area contributed by atoms with Crippen LogP contribution in [-0.4, -0.2) is 35.0 Å². The average Bonchev–Trinajstić information content (AvgIpc) is 2.93. The number of carbonyl (C=O) groups excluding carboxylic acids is 1. The maximum Gasteiger partial charge on any atom is 0.273 e. The van der Waals surface area contributed by atoms with Crippen molar-refractivity contribution in [3.05, 3.63) is 41.7 Å². The summed E-state index contributed by atoms with van der Waals surface area (Å²) in [4.78, 5) is 11.6. The van der Waals surface area contributed by atoms with Gasteiger partial charge in [-0.3, -0.25) is 4.79 Å². The number of hydrogen-bond donors (Lipinski definition) is 2. The maximum atomic E-state index is 11.6. The molecule has 0 fully saturated rings. The quantitative estimate of drug-likeness (QED) is 0.817. The minimum absolute atomic E-state index is 0.230. The third kappa shape index (κ3) is 3.07. The first-order valence-electron chi connectivity index (χ1n) is 5.56. The summed E-state index contributed by atoms with van der Waals surface area (Å²) in [5.41, 5.74) is 1.40. The minimum Gasteiger partial charge on any atom is -0.497 e. The van der Waals surface area contributed by atoms with Crippen molar-refractivity contribution < 1.29 is 9.53 Å². The Labute approximate surface area is 104 Å². The van der Waals surface area contributed by atoms with Crippen LogP contribution in [0, 0.1) is 0 Å². The van der Waals surface area contributed by atoms with E-state index in [1.165, 1.54) is 6.20 Å². The standard InChI is InChI=1S/C12H14N4O2/c1-18-10-4-2-3-9(7-10)5-6-13-12(17)11-8-14-16-15-11/h2-4,7-8H,5-6H2,1H3,(H,13,17)(H,14,15,16). The Kier molecular flexibility index (Phi) is 3.90. The molecule has 18 heavy (non-hydrogen) atoms. The highest BCUT2D eigenvalue weighted by molar-refractivity contribution is 5.91. The van der Waals surface area contributed by atoms with E-state index in [0.29, 0.717) is 12.2 Å². The van der Waals surface area contributed by atoms with E-state index in [9.17, 15) is 4.79 Å². The highest BCUT2D eigenvalue weighted by Gasteiger charge is 2.07. The number of carbonyl (C=O) groups is 1. The molecule has 0 aliphatic heterocycles. The van der Waals surface area contributed by atoms with E-state index in [0.717, 1.165) is 17.7 Å². The van der Waals surface area contributed by atoms with Crippen LogP contribution in [0.2, 0.25) is 0 Å². The molecule has 94 valence electrons. The second-order valence-electron chi connectivity index (χ2n) is 3.71. The topological polar surface area (TPSA) is 79.9 Å². The fourth-order valence-electron chi connectivity index (χ4n) is 1.55. The molecule has 1 amide bonds. The molecule has 2 aromatic rings. The van der Waals surface area contributed by atoms with Gasteiger partial charge in [0.25, 0.3) is 5.91 Å². The van der Waals surface area contributed by atoms with Gasteiger partial charge in [-0.05, 0) is 24.1 Å². The lowest BCUT2D eigenvalue weighted by Crippen LogP contribution is -2.26. The number of H-pyrrole nitrogens is 1. The van der Waals surface area contributed by atoms with Crippen molar-refractivity contribution in [2.45, 2.75) is 6.42 Å². The van der Waals surface area contributed by atoms with Crippen LogP contribution in [-0.2, 0) is 6.42 Å². The van der Waals surface area contributed by atoms with Gasteiger partial charge in [0.2, 0.25) is 0 Å². The predicted molar refractivity (Wildman–Crippen MR) is 65.4 cm³/mol. The first kappa shape index (κ1) is 12.1. The van der Waals surface area contributed by atoms with E-state index in [1.54, 1.807) is 7.11 Å². The molecule has 2 N–H and O–H groups in total. The van der Waals surface area contributed by atoms with E-state index in [4.69, 9.17) is 4.74 Å². The molecule has 0 atom stereocenters. The number of aromatic nitrogens is 3. The van der Waals surface area contributed by atoms with Gasteiger partial charge in [0.15, 0.2) is 5.69 Å². The Hall–Kier alpha value is -2.37. The summed E-state index contributed by atoms with van der Waals surface area (Å²) in [5.74, 6) is 0.585. The summed E-state index contributed by atoms with van der Waals surface area (Å²) < 4.78 is 5.13. The lowest BCUT2D eigenvalue weighted by molar-refractivity contribution is 0.0949. The molecule has 0 radical (unpaired) electrons. The van der Waals surface area contributed by atoms with Gasteiger partial charge in [-0.25, -0.2) is 0 Å². The number of aromatic amines is 1. The third-order valence-corrected chi connectivity index (χ3v) is 2.48. The molecule has 0 aliphatic carbocycles. The molecule has 1 aromatic carbocycles. The highest BCUT2D eigenvalue weighted by atomic mass is 16.5. The second-order valence-corrected chi connectivity index (χ2v) is 3.71. The molecule has 0 bridgehead atoms. The summed E-state index contributed by atoms with van der Waals surface area (Å²) in [6, 6.07) is 7.75. The van der Waals surface area contributed by atoms with Crippen LogP contribution in [0.25, 0.3) is 0 Å². The number of benzene rings is 1. The van der Waals surface area contributed by atoms with Gasteiger partial charge in [0, 0.05) is 6.54 Å². The predicted octanol–water partition coefficient (Wildman–Crippen LogP) is 0.786. The summed E-state index contributed by atoms with van der Waals surface area (Å²) in [7, 11) is 1.63. The van der Waals surface area contributed by atoms with Crippen LogP contribution in [0.5, 0.6) is 5.75 Å². The summed E-state index contributed by atoms with van der Waals surface area (Å²) in [5, 5.41) is 12.4. The normalized spacial score (nSPS) is 10.1. The molecule has 6 nitrogen and oxygen atoms in total. The fraction of sp³-hybridized carbons (Fsp3) is 0.250. The van der Waals surface area contributed by atoms with Gasteiger partial charge in [0.05, 0.1) is 13.3 Å². The first-order valence-corrected chi connectivity index (χ1v) is 5.56. The van der Waals surface area contributed by atoms with Gasteiger partial charge in [-0.1, -0.05) is 12.1 Å². The van der Waals surface area contributed by atoms with Gasteiger partial charge >= 0.3 is 0 Å².